The minimum absolute atomic E-state index is 0.0786. The van der Waals surface area contributed by atoms with Crippen LogP contribution in [-0.4, -0.2) is 40.1 Å². The van der Waals surface area contributed by atoms with Crippen LogP contribution in [0.25, 0.3) is 0 Å². The SMILES string of the molecule is CC(C)(C)OC(=O)CON=C(C(=O)OCc1ccccc1)c1cc[nH]n1. The first-order valence-electron chi connectivity index (χ1n) is 7.98. The molecule has 0 saturated heterocycles. The number of nitrogens with zero attached hydrogens (tertiary/aromatic N) is 2. The summed E-state index contributed by atoms with van der Waals surface area (Å²) in [5.74, 6) is -1.31. The summed E-state index contributed by atoms with van der Waals surface area (Å²) < 4.78 is 10.3. The molecule has 0 aliphatic carbocycles. The third-order valence-corrected chi connectivity index (χ3v) is 2.91. The maximum Gasteiger partial charge on any atom is 0.363 e. The summed E-state index contributed by atoms with van der Waals surface area (Å²) in [5.41, 5.74) is 0.291. The van der Waals surface area contributed by atoms with Crippen LogP contribution in [0.5, 0.6) is 0 Å². The van der Waals surface area contributed by atoms with Gasteiger partial charge in [0.1, 0.15) is 17.9 Å². The molecule has 1 N–H and O–H groups in total. The number of esters is 2. The van der Waals surface area contributed by atoms with E-state index in [4.69, 9.17) is 14.3 Å². The number of carbonyl (C=O) groups excluding carboxylic acids is 2. The fourth-order valence-corrected chi connectivity index (χ4v) is 1.89. The van der Waals surface area contributed by atoms with Crippen LogP contribution in [0.3, 0.4) is 0 Å². The number of nitrogens with one attached hydrogen (secondary N) is 1. The molecule has 8 heteroatoms. The first-order chi connectivity index (χ1) is 12.3. The van der Waals surface area contributed by atoms with E-state index in [1.54, 1.807) is 26.8 Å². The molecule has 0 unspecified atom stereocenters. The van der Waals surface area contributed by atoms with E-state index in [1.165, 1.54) is 6.20 Å². The molecule has 1 heterocycles. The topological polar surface area (TPSA) is 103 Å². The first kappa shape index (κ1) is 19.2. The van der Waals surface area contributed by atoms with E-state index in [-0.39, 0.29) is 18.0 Å². The quantitative estimate of drug-likeness (QED) is 0.462. The monoisotopic (exact) mass is 359 g/mol. The van der Waals surface area contributed by atoms with Crippen LogP contribution in [0.4, 0.5) is 0 Å². The van der Waals surface area contributed by atoms with Crippen LogP contribution >= 0.6 is 0 Å². The summed E-state index contributed by atoms with van der Waals surface area (Å²) in [6.45, 7) is 4.87. The molecule has 1 aromatic carbocycles. The zero-order valence-corrected chi connectivity index (χ0v) is 14.9. The van der Waals surface area contributed by atoms with Gasteiger partial charge in [0.2, 0.25) is 12.3 Å². The minimum atomic E-state index is -0.717. The van der Waals surface area contributed by atoms with Crippen molar-refractivity contribution < 1.29 is 23.9 Å². The average molecular weight is 359 g/mol. The lowest BCUT2D eigenvalue weighted by atomic mass is 10.2. The molecule has 2 aromatic rings. The number of carbonyl (C=O) groups is 2. The Hall–Kier alpha value is -3.16. The van der Waals surface area contributed by atoms with Gasteiger partial charge in [-0.2, -0.15) is 5.10 Å². The number of aromatic amines is 1. The zero-order chi connectivity index (χ0) is 19.0. The highest BCUT2D eigenvalue weighted by Gasteiger charge is 2.21. The molecule has 0 saturated carbocycles. The van der Waals surface area contributed by atoms with Gasteiger partial charge in [-0.25, -0.2) is 9.59 Å². The van der Waals surface area contributed by atoms with Crippen molar-refractivity contribution in [2.24, 2.45) is 5.16 Å². The van der Waals surface area contributed by atoms with Crippen LogP contribution in [0.1, 0.15) is 32.0 Å². The maximum absolute atomic E-state index is 12.3. The molecule has 0 fully saturated rings. The van der Waals surface area contributed by atoms with Crippen LogP contribution in [0, 0.1) is 0 Å². The van der Waals surface area contributed by atoms with Gasteiger partial charge in [-0.3, -0.25) is 5.10 Å². The minimum Gasteiger partial charge on any atom is -0.457 e. The van der Waals surface area contributed by atoms with Gasteiger partial charge in [0.15, 0.2) is 0 Å². The summed E-state index contributed by atoms with van der Waals surface area (Å²) >= 11 is 0. The molecule has 8 nitrogen and oxygen atoms in total. The molecule has 2 rings (SSSR count). The molecule has 0 radical (unpaired) electrons. The van der Waals surface area contributed by atoms with Crippen molar-refractivity contribution in [2.45, 2.75) is 33.0 Å². The molecule has 0 aliphatic rings. The van der Waals surface area contributed by atoms with Gasteiger partial charge in [0, 0.05) is 6.20 Å². The summed E-state index contributed by atoms with van der Waals surface area (Å²) in [4.78, 5) is 28.9. The predicted molar refractivity (Wildman–Crippen MR) is 93.2 cm³/mol. The predicted octanol–water partition coefficient (Wildman–Crippen LogP) is 2.22. The third kappa shape index (κ3) is 6.39. The Bertz CT molecular complexity index is 749. The molecular formula is C18H21N3O5. The Morgan fingerprint density at radius 1 is 1.15 bits per heavy atom. The molecule has 0 amide bonds. The third-order valence-electron chi connectivity index (χ3n) is 2.91. The molecule has 0 bridgehead atoms. The van der Waals surface area contributed by atoms with E-state index in [1.807, 2.05) is 30.3 Å². The van der Waals surface area contributed by atoms with E-state index >= 15 is 0 Å². The Morgan fingerprint density at radius 3 is 2.50 bits per heavy atom. The zero-order valence-electron chi connectivity index (χ0n) is 14.9. The van der Waals surface area contributed by atoms with Gasteiger partial charge in [-0.15, -0.1) is 0 Å². The fraction of sp³-hybridized carbons (Fsp3) is 0.333. The highest BCUT2D eigenvalue weighted by Crippen LogP contribution is 2.08. The van der Waals surface area contributed by atoms with E-state index < -0.39 is 24.1 Å². The number of oxime groups is 1. The van der Waals surface area contributed by atoms with Crippen LogP contribution in [0.15, 0.2) is 47.8 Å². The smallest absolute Gasteiger partial charge is 0.363 e. The maximum atomic E-state index is 12.3. The van der Waals surface area contributed by atoms with Crippen molar-refractivity contribution in [3.8, 4) is 0 Å². The second-order valence-electron chi connectivity index (χ2n) is 6.32. The van der Waals surface area contributed by atoms with Crippen molar-refractivity contribution in [3.05, 3.63) is 53.9 Å². The van der Waals surface area contributed by atoms with E-state index in [2.05, 4.69) is 15.4 Å². The Labute approximate surface area is 151 Å². The Kier molecular flexibility index (Phi) is 6.48. The first-order valence-corrected chi connectivity index (χ1v) is 7.98. The van der Waals surface area contributed by atoms with Crippen LogP contribution in [0.2, 0.25) is 0 Å². The number of rotatable bonds is 7. The summed E-state index contributed by atoms with van der Waals surface area (Å²) in [6, 6.07) is 10.8. The van der Waals surface area contributed by atoms with E-state index in [0.29, 0.717) is 0 Å². The largest absolute Gasteiger partial charge is 0.457 e. The molecule has 1 aromatic heterocycles. The number of hydrogen-bond acceptors (Lipinski definition) is 7. The number of ether oxygens (including phenoxy) is 2. The number of hydrogen-bond donors (Lipinski definition) is 1. The van der Waals surface area contributed by atoms with Gasteiger partial charge >= 0.3 is 11.9 Å². The normalized spacial score (nSPS) is 11.7. The highest BCUT2D eigenvalue weighted by molar-refractivity contribution is 6.42. The summed E-state index contributed by atoms with van der Waals surface area (Å²) in [5, 5.41) is 10.2. The van der Waals surface area contributed by atoms with Crippen LogP contribution in [-0.2, 0) is 30.5 Å². The Morgan fingerprint density at radius 2 is 1.88 bits per heavy atom. The number of benzene rings is 1. The van der Waals surface area contributed by atoms with Gasteiger partial charge in [0.25, 0.3) is 0 Å². The molecule has 0 spiro atoms. The van der Waals surface area contributed by atoms with Crippen LogP contribution < -0.4 is 0 Å². The van der Waals surface area contributed by atoms with Gasteiger partial charge in [-0.05, 0) is 32.4 Å². The lowest BCUT2D eigenvalue weighted by Gasteiger charge is -2.18. The van der Waals surface area contributed by atoms with Crippen molar-refractivity contribution >= 4 is 17.7 Å². The fourth-order valence-electron chi connectivity index (χ4n) is 1.89. The summed E-state index contributed by atoms with van der Waals surface area (Å²) in [7, 11) is 0. The highest BCUT2D eigenvalue weighted by atomic mass is 16.7. The Balaban J connectivity index is 1.99. The number of H-pyrrole nitrogens is 1. The second-order valence-corrected chi connectivity index (χ2v) is 6.32. The molecular weight excluding hydrogens is 338 g/mol. The standard InChI is InChI=1S/C18H21N3O5/c1-18(2,3)26-15(22)12-25-21-16(14-9-10-19-20-14)17(23)24-11-13-7-5-4-6-8-13/h4-10H,11-12H2,1-3H3,(H,19,20). The van der Waals surface area contributed by atoms with Crippen molar-refractivity contribution in [2.75, 3.05) is 6.61 Å². The molecule has 138 valence electrons. The molecule has 26 heavy (non-hydrogen) atoms. The lowest BCUT2D eigenvalue weighted by Crippen LogP contribution is -2.26. The molecule has 0 aliphatic heterocycles. The number of aromatic nitrogens is 2. The van der Waals surface area contributed by atoms with Crippen molar-refractivity contribution in [1.29, 1.82) is 0 Å². The van der Waals surface area contributed by atoms with Crippen molar-refractivity contribution in [3.63, 3.8) is 0 Å². The summed E-state index contributed by atoms with van der Waals surface area (Å²) in [6.07, 6.45) is 1.53. The van der Waals surface area contributed by atoms with Gasteiger partial charge in [-0.1, -0.05) is 35.5 Å². The second kappa shape index (κ2) is 8.80. The van der Waals surface area contributed by atoms with Gasteiger partial charge < -0.3 is 14.3 Å². The average Bonchev–Trinajstić information content (AvgIpc) is 3.10. The van der Waals surface area contributed by atoms with Crippen molar-refractivity contribution in [1.82, 2.24) is 10.2 Å². The van der Waals surface area contributed by atoms with E-state index in [9.17, 15) is 9.59 Å². The van der Waals surface area contributed by atoms with Gasteiger partial charge in [0.05, 0.1) is 0 Å². The lowest BCUT2D eigenvalue weighted by molar-refractivity contribution is -0.160. The molecule has 0 atom stereocenters. The van der Waals surface area contributed by atoms with E-state index in [0.717, 1.165) is 5.56 Å².